The minimum atomic E-state index is -0.255. The van der Waals surface area contributed by atoms with Crippen LogP contribution in [-0.2, 0) is 0 Å². The van der Waals surface area contributed by atoms with Crippen LogP contribution >= 0.6 is 0 Å². The standard InChI is InChI=1S/C21H21N5O/c27-21(24-17-7-3-1-4-8-17)19-15-23-20(16-22-19)26-13-11-25(12-14-26)18-9-5-2-6-10-18/h1-10,15-16H,11-14H2,(H,24,27). The summed E-state index contributed by atoms with van der Waals surface area (Å²) < 4.78 is 0. The molecule has 0 unspecified atom stereocenters. The van der Waals surface area contributed by atoms with E-state index in [2.05, 4.69) is 49.4 Å². The van der Waals surface area contributed by atoms with E-state index in [0.29, 0.717) is 5.69 Å². The number of rotatable bonds is 4. The second-order valence-corrected chi connectivity index (χ2v) is 6.39. The third kappa shape index (κ3) is 4.06. The molecule has 2 heterocycles. The van der Waals surface area contributed by atoms with Crippen LogP contribution in [0.25, 0.3) is 0 Å². The van der Waals surface area contributed by atoms with Crippen molar-refractivity contribution in [3.63, 3.8) is 0 Å². The molecule has 1 amide bonds. The molecule has 1 fully saturated rings. The Balaban J connectivity index is 1.36. The smallest absolute Gasteiger partial charge is 0.275 e. The van der Waals surface area contributed by atoms with Crippen molar-refractivity contribution in [2.45, 2.75) is 0 Å². The zero-order valence-electron chi connectivity index (χ0n) is 15.0. The van der Waals surface area contributed by atoms with E-state index in [1.54, 1.807) is 6.20 Å². The van der Waals surface area contributed by atoms with Crippen molar-refractivity contribution in [1.29, 1.82) is 0 Å². The molecule has 2 aromatic carbocycles. The number of hydrogen-bond acceptors (Lipinski definition) is 5. The Hall–Kier alpha value is -3.41. The molecule has 4 rings (SSSR count). The summed E-state index contributed by atoms with van der Waals surface area (Å²) in [5.41, 5.74) is 2.30. The van der Waals surface area contributed by atoms with Gasteiger partial charge in [-0.1, -0.05) is 36.4 Å². The molecule has 27 heavy (non-hydrogen) atoms. The first-order valence-electron chi connectivity index (χ1n) is 9.03. The highest BCUT2D eigenvalue weighted by Crippen LogP contribution is 2.18. The third-order valence-electron chi connectivity index (χ3n) is 4.63. The lowest BCUT2D eigenvalue weighted by atomic mass is 10.2. The minimum absolute atomic E-state index is 0.255. The molecule has 136 valence electrons. The van der Waals surface area contributed by atoms with Gasteiger partial charge >= 0.3 is 0 Å². The summed E-state index contributed by atoms with van der Waals surface area (Å²) in [6.45, 7) is 3.61. The molecule has 1 aliphatic heterocycles. The fourth-order valence-electron chi connectivity index (χ4n) is 3.15. The number of hydrogen-bond donors (Lipinski definition) is 1. The number of amides is 1. The number of nitrogens with zero attached hydrogens (tertiary/aromatic N) is 4. The molecule has 0 atom stereocenters. The van der Waals surface area contributed by atoms with E-state index in [0.717, 1.165) is 37.7 Å². The summed E-state index contributed by atoms with van der Waals surface area (Å²) in [6, 6.07) is 19.8. The van der Waals surface area contributed by atoms with Gasteiger partial charge in [0.25, 0.3) is 5.91 Å². The zero-order valence-corrected chi connectivity index (χ0v) is 15.0. The van der Waals surface area contributed by atoms with E-state index in [1.807, 2.05) is 36.4 Å². The van der Waals surface area contributed by atoms with Gasteiger partial charge in [-0.3, -0.25) is 4.79 Å². The number of benzene rings is 2. The Morgan fingerprint density at radius 3 is 2.04 bits per heavy atom. The normalized spacial score (nSPS) is 14.1. The first kappa shape index (κ1) is 17.0. The van der Waals surface area contributed by atoms with E-state index in [9.17, 15) is 4.79 Å². The second kappa shape index (κ2) is 7.86. The molecule has 1 aliphatic rings. The number of piperazine rings is 1. The first-order valence-corrected chi connectivity index (χ1v) is 9.03. The molecule has 0 radical (unpaired) electrons. The lowest BCUT2D eigenvalue weighted by molar-refractivity contribution is 0.102. The van der Waals surface area contributed by atoms with Gasteiger partial charge in [0.1, 0.15) is 11.5 Å². The predicted molar refractivity (Wildman–Crippen MR) is 107 cm³/mol. The molecule has 6 heteroatoms. The van der Waals surface area contributed by atoms with Gasteiger partial charge in [-0.2, -0.15) is 0 Å². The highest BCUT2D eigenvalue weighted by molar-refractivity contribution is 6.02. The zero-order chi connectivity index (χ0) is 18.5. The molecule has 0 aliphatic carbocycles. The van der Waals surface area contributed by atoms with E-state index in [4.69, 9.17) is 0 Å². The van der Waals surface area contributed by atoms with Gasteiger partial charge in [-0.05, 0) is 24.3 Å². The van der Waals surface area contributed by atoms with Crippen LogP contribution in [0.15, 0.2) is 73.1 Å². The predicted octanol–water partition coefficient (Wildman–Crippen LogP) is 3.06. The summed E-state index contributed by atoms with van der Waals surface area (Å²) in [6.07, 6.45) is 3.22. The molecule has 0 saturated carbocycles. The van der Waals surface area contributed by atoms with Crippen molar-refractivity contribution < 1.29 is 4.79 Å². The summed E-state index contributed by atoms with van der Waals surface area (Å²) in [4.78, 5) is 25.6. The number of carbonyl (C=O) groups excluding carboxylic acids is 1. The molecule has 1 aromatic heterocycles. The van der Waals surface area contributed by atoms with Gasteiger partial charge in [0.15, 0.2) is 0 Å². The Bertz CT molecular complexity index is 875. The van der Waals surface area contributed by atoms with Crippen LogP contribution in [0.3, 0.4) is 0 Å². The lowest BCUT2D eigenvalue weighted by Gasteiger charge is -2.36. The fourth-order valence-corrected chi connectivity index (χ4v) is 3.15. The van der Waals surface area contributed by atoms with Crippen LogP contribution < -0.4 is 15.1 Å². The molecule has 3 aromatic rings. The Labute approximate surface area is 158 Å². The van der Waals surface area contributed by atoms with Gasteiger partial charge in [0.2, 0.25) is 0 Å². The van der Waals surface area contributed by atoms with E-state index in [-0.39, 0.29) is 5.91 Å². The van der Waals surface area contributed by atoms with Gasteiger partial charge in [0, 0.05) is 37.6 Å². The Morgan fingerprint density at radius 1 is 0.778 bits per heavy atom. The Morgan fingerprint density at radius 2 is 1.41 bits per heavy atom. The molecule has 1 N–H and O–H groups in total. The van der Waals surface area contributed by atoms with Crippen LogP contribution in [0.4, 0.5) is 17.2 Å². The van der Waals surface area contributed by atoms with E-state index in [1.165, 1.54) is 11.9 Å². The van der Waals surface area contributed by atoms with Gasteiger partial charge in [-0.15, -0.1) is 0 Å². The van der Waals surface area contributed by atoms with Crippen LogP contribution in [0.5, 0.6) is 0 Å². The molecule has 0 bridgehead atoms. The molecule has 6 nitrogen and oxygen atoms in total. The average Bonchev–Trinajstić information content (AvgIpc) is 2.75. The largest absolute Gasteiger partial charge is 0.368 e. The highest BCUT2D eigenvalue weighted by Gasteiger charge is 2.19. The van der Waals surface area contributed by atoms with Crippen molar-refractivity contribution in [3.8, 4) is 0 Å². The maximum Gasteiger partial charge on any atom is 0.275 e. The minimum Gasteiger partial charge on any atom is -0.368 e. The van der Waals surface area contributed by atoms with E-state index < -0.39 is 0 Å². The van der Waals surface area contributed by atoms with Gasteiger partial charge in [0.05, 0.1) is 12.4 Å². The van der Waals surface area contributed by atoms with Crippen molar-refractivity contribution in [2.75, 3.05) is 41.3 Å². The van der Waals surface area contributed by atoms with Crippen LogP contribution in [-0.4, -0.2) is 42.1 Å². The third-order valence-corrected chi connectivity index (χ3v) is 4.63. The highest BCUT2D eigenvalue weighted by atomic mass is 16.1. The maximum absolute atomic E-state index is 12.3. The van der Waals surface area contributed by atoms with Crippen molar-refractivity contribution >= 4 is 23.1 Å². The Kier molecular flexibility index (Phi) is 4.96. The van der Waals surface area contributed by atoms with E-state index >= 15 is 0 Å². The quantitative estimate of drug-likeness (QED) is 0.776. The van der Waals surface area contributed by atoms with Crippen molar-refractivity contribution in [2.24, 2.45) is 0 Å². The summed E-state index contributed by atoms with van der Waals surface area (Å²) in [5, 5.41) is 2.82. The number of nitrogens with one attached hydrogen (secondary N) is 1. The average molecular weight is 359 g/mol. The van der Waals surface area contributed by atoms with Gasteiger partial charge < -0.3 is 15.1 Å². The van der Waals surface area contributed by atoms with Gasteiger partial charge in [-0.25, -0.2) is 9.97 Å². The fraction of sp³-hybridized carbons (Fsp3) is 0.190. The molecular weight excluding hydrogens is 338 g/mol. The summed E-state index contributed by atoms with van der Waals surface area (Å²) in [7, 11) is 0. The molecule has 0 spiro atoms. The number of para-hydroxylation sites is 2. The lowest BCUT2D eigenvalue weighted by Crippen LogP contribution is -2.46. The van der Waals surface area contributed by atoms with Crippen LogP contribution in [0.2, 0.25) is 0 Å². The molecule has 1 saturated heterocycles. The first-order chi connectivity index (χ1) is 13.3. The van der Waals surface area contributed by atoms with Crippen LogP contribution in [0.1, 0.15) is 10.5 Å². The SMILES string of the molecule is O=C(Nc1ccccc1)c1cnc(N2CCN(c3ccccc3)CC2)cn1. The topological polar surface area (TPSA) is 61.4 Å². The van der Waals surface area contributed by atoms with Crippen molar-refractivity contribution in [3.05, 3.63) is 78.8 Å². The second-order valence-electron chi connectivity index (χ2n) is 6.39. The summed E-state index contributed by atoms with van der Waals surface area (Å²) >= 11 is 0. The number of anilines is 3. The monoisotopic (exact) mass is 359 g/mol. The molecular formula is C21H21N5O. The number of aromatic nitrogens is 2. The maximum atomic E-state index is 12.3. The number of carbonyl (C=O) groups is 1. The van der Waals surface area contributed by atoms with Crippen LogP contribution in [0, 0.1) is 0 Å². The summed E-state index contributed by atoms with van der Waals surface area (Å²) in [5.74, 6) is 0.549. The van der Waals surface area contributed by atoms with Crippen molar-refractivity contribution in [1.82, 2.24) is 9.97 Å².